The van der Waals surface area contributed by atoms with E-state index in [9.17, 15) is 9.59 Å². The highest BCUT2D eigenvalue weighted by Gasteiger charge is 2.32. The first-order valence-electron chi connectivity index (χ1n) is 13.0. The van der Waals surface area contributed by atoms with E-state index < -0.39 is 6.04 Å². The predicted octanol–water partition coefficient (Wildman–Crippen LogP) is 6.93. The van der Waals surface area contributed by atoms with E-state index in [1.807, 2.05) is 61.5 Å². The first-order chi connectivity index (χ1) is 17.9. The number of carbonyl (C=O) groups is 2. The van der Waals surface area contributed by atoms with Gasteiger partial charge in [-0.2, -0.15) is 0 Å². The van der Waals surface area contributed by atoms with Crippen LogP contribution in [0.5, 0.6) is 0 Å². The number of carbonyl (C=O) groups excluding carboxylic acids is 2. The van der Waals surface area contributed by atoms with Crippen LogP contribution in [0.25, 0.3) is 0 Å². The number of amides is 2. The molecule has 3 aromatic carbocycles. The number of nitrogens with zero attached hydrogens (tertiary/aromatic N) is 1. The molecular formula is C31H34Cl2N2O2. The second kappa shape index (κ2) is 13.1. The number of nitrogens with one attached hydrogen (secondary N) is 1. The summed E-state index contributed by atoms with van der Waals surface area (Å²) in [7, 11) is 0. The summed E-state index contributed by atoms with van der Waals surface area (Å²) >= 11 is 12.5. The van der Waals surface area contributed by atoms with Crippen LogP contribution in [0.4, 0.5) is 0 Å². The zero-order valence-corrected chi connectivity index (χ0v) is 22.8. The summed E-state index contributed by atoms with van der Waals surface area (Å²) in [4.78, 5) is 29.5. The Labute approximate surface area is 230 Å². The summed E-state index contributed by atoms with van der Waals surface area (Å²) in [6.45, 7) is 2.37. The quantitative estimate of drug-likeness (QED) is 0.322. The van der Waals surface area contributed by atoms with Gasteiger partial charge in [-0.25, -0.2) is 0 Å². The Morgan fingerprint density at radius 3 is 2.32 bits per heavy atom. The average Bonchev–Trinajstić information content (AvgIpc) is 2.90. The zero-order chi connectivity index (χ0) is 26.2. The van der Waals surface area contributed by atoms with Crippen LogP contribution in [-0.4, -0.2) is 28.8 Å². The fraction of sp³-hybridized carbons (Fsp3) is 0.355. The number of benzene rings is 3. The lowest BCUT2D eigenvalue weighted by Crippen LogP contribution is -2.53. The zero-order valence-electron chi connectivity index (χ0n) is 21.3. The number of aryl methyl sites for hydroxylation is 1. The summed E-state index contributed by atoms with van der Waals surface area (Å²) in [6, 6.07) is 22.6. The summed E-state index contributed by atoms with van der Waals surface area (Å²) in [6.07, 6.45) is 5.94. The molecule has 0 radical (unpaired) electrons. The Morgan fingerprint density at radius 1 is 0.919 bits per heavy atom. The van der Waals surface area contributed by atoms with Gasteiger partial charge in [0.1, 0.15) is 6.04 Å². The van der Waals surface area contributed by atoms with Gasteiger partial charge in [0.05, 0.1) is 6.42 Å². The lowest BCUT2D eigenvalue weighted by atomic mass is 9.94. The van der Waals surface area contributed by atoms with E-state index in [0.29, 0.717) is 28.6 Å². The number of hydrogen-bond acceptors (Lipinski definition) is 2. The van der Waals surface area contributed by atoms with Crippen LogP contribution in [0, 0.1) is 6.92 Å². The Kier molecular flexibility index (Phi) is 9.65. The molecular weight excluding hydrogens is 503 g/mol. The Hall–Kier alpha value is -2.82. The van der Waals surface area contributed by atoms with Crippen molar-refractivity contribution in [3.8, 4) is 0 Å². The van der Waals surface area contributed by atoms with Crippen molar-refractivity contribution in [2.24, 2.45) is 0 Å². The highest BCUT2D eigenvalue weighted by Crippen LogP contribution is 2.24. The second-order valence-electron chi connectivity index (χ2n) is 9.91. The molecule has 6 heteroatoms. The van der Waals surface area contributed by atoms with Gasteiger partial charge >= 0.3 is 0 Å². The largest absolute Gasteiger partial charge is 0.352 e. The monoisotopic (exact) mass is 536 g/mol. The number of halogens is 2. The molecule has 37 heavy (non-hydrogen) atoms. The SMILES string of the molecule is Cc1ccccc1CN(C(=O)Cc1ccc(Cl)cc1Cl)[C@H](Cc1ccccc1)C(=O)NC1CCCCC1. The molecule has 194 valence electrons. The van der Waals surface area contributed by atoms with E-state index in [1.54, 1.807) is 23.1 Å². The molecule has 4 nitrogen and oxygen atoms in total. The van der Waals surface area contributed by atoms with Gasteiger partial charge in [-0.15, -0.1) is 0 Å². The summed E-state index contributed by atoms with van der Waals surface area (Å²) in [5, 5.41) is 4.25. The van der Waals surface area contributed by atoms with Crippen LogP contribution in [0.1, 0.15) is 54.4 Å². The van der Waals surface area contributed by atoms with E-state index in [0.717, 1.165) is 42.4 Å². The topological polar surface area (TPSA) is 49.4 Å². The minimum atomic E-state index is -0.650. The highest BCUT2D eigenvalue weighted by molar-refractivity contribution is 6.35. The summed E-state index contributed by atoms with van der Waals surface area (Å²) in [5.74, 6) is -0.243. The molecule has 4 rings (SSSR count). The maximum atomic E-state index is 13.9. The lowest BCUT2D eigenvalue weighted by molar-refractivity contribution is -0.141. The van der Waals surface area contributed by atoms with Crippen molar-refractivity contribution >= 4 is 35.0 Å². The molecule has 0 spiro atoms. The third kappa shape index (κ3) is 7.59. The van der Waals surface area contributed by atoms with Crippen molar-refractivity contribution in [2.75, 3.05) is 0 Å². The molecule has 1 aliphatic rings. The van der Waals surface area contributed by atoms with Crippen molar-refractivity contribution < 1.29 is 9.59 Å². The molecule has 1 aliphatic carbocycles. The first-order valence-corrected chi connectivity index (χ1v) is 13.8. The molecule has 0 heterocycles. The summed E-state index contributed by atoms with van der Waals surface area (Å²) in [5.41, 5.74) is 3.80. The average molecular weight is 538 g/mol. The predicted molar refractivity (Wildman–Crippen MR) is 151 cm³/mol. The molecule has 0 unspecified atom stereocenters. The first kappa shape index (κ1) is 27.2. The standard InChI is InChI=1S/C31H34Cl2N2O2/c1-22-10-8-9-13-25(22)21-35(30(36)19-24-16-17-26(32)20-28(24)33)29(18-23-11-4-2-5-12-23)31(37)34-27-14-6-3-7-15-27/h2,4-5,8-13,16-17,20,27,29H,3,6-7,14-15,18-19,21H2,1H3,(H,34,37)/t29-/m1/s1. The van der Waals surface area contributed by atoms with Crippen LogP contribution in [0.2, 0.25) is 10.0 Å². The fourth-order valence-electron chi connectivity index (χ4n) is 5.00. The van der Waals surface area contributed by atoms with E-state index in [1.165, 1.54) is 6.42 Å². The van der Waals surface area contributed by atoms with Gasteiger partial charge < -0.3 is 10.2 Å². The maximum Gasteiger partial charge on any atom is 0.243 e. The van der Waals surface area contributed by atoms with E-state index in [-0.39, 0.29) is 24.3 Å². The van der Waals surface area contributed by atoms with Gasteiger partial charge in [-0.05, 0) is 54.2 Å². The van der Waals surface area contributed by atoms with Crippen molar-refractivity contribution in [2.45, 2.75) is 70.5 Å². The molecule has 3 aromatic rings. The van der Waals surface area contributed by atoms with Crippen LogP contribution in [0.15, 0.2) is 72.8 Å². The van der Waals surface area contributed by atoms with Gasteiger partial charge in [0.2, 0.25) is 11.8 Å². The van der Waals surface area contributed by atoms with Crippen molar-refractivity contribution in [3.05, 3.63) is 105 Å². The minimum absolute atomic E-state index is 0.0872. The number of rotatable bonds is 9. The van der Waals surface area contributed by atoms with Gasteiger partial charge in [-0.1, -0.05) is 103 Å². The molecule has 1 fully saturated rings. The van der Waals surface area contributed by atoms with Gasteiger partial charge in [0.25, 0.3) is 0 Å². The Morgan fingerprint density at radius 2 is 1.62 bits per heavy atom. The van der Waals surface area contributed by atoms with E-state index in [4.69, 9.17) is 23.2 Å². The fourth-order valence-corrected chi connectivity index (χ4v) is 5.47. The third-order valence-corrected chi connectivity index (χ3v) is 7.77. The summed E-state index contributed by atoms with van der Waals surface area (Å²) < 4.78 is 0. The molecule has 1 atom stereocenters. The van der Waals surface area contributed by atoms with Gasteiger partial charge in [0.15, 0.2) is 0 Å². The smallest absolute Gasteiger partial charge is 0.243 e. The highest BCUT2D eigenvalue weighted by atomic mass is 35.5. The van der Waals surface area contributed by atoms with Gasteiger partial charge in [0, 0.05) is 29.1 Å². The lowest BCUT2D eigenvalue weighted by Gasteiger charge is -2.34. The molecule has 1 N–H and O–H groups in total. The molecule has 1 saturated carbocycles. The normalized spacial score (nSPS) is 14.7. The third-order valence-electron chi connectivity index (χ3n) is 7.18. The molecule has 0 aromatic heterocycles. The molecule has 0 bridgehead atoms. The molecule has 2 amide bonds. The molecule has 0 aliphatic heterocycles. The van der Waals surface area contributed by atoms with E-state index in [2.05, 4.69) is 5.32 Å². The molecule has 0 saturated heterocycles. The van der Waals surface area contributed by atoms with Crippen LogP contribution in [0.3, 0.4) is 0 Å². The van der Waals surface area contributed by atoms with E-state index >= 15 is 0 Å². The van der Waals surface area contributed by atoms with Crippen LogP contribution < -0.4 is 5.32 Å². The van der Waals surface area contributed by atoms with Crippen LogP contribution in [-0.2, 0) is 29.0 Å². The van der Waals surface area contributed by atoms with Crippen molar-refractivity contribution in [3.63, 3.8) is 0 Å². The van der Waals surface area contributed by atoms with Crippen LogP contribution >= 0.6 is 23.2 Å². The van der Waals surface area contributed by atoms with Crippen molar-refractivity contribution in [1.29, 1.82) is 0 Å². The minimum Gasteiger partial charge on any atom is -0.352 e. The van der Waals surface area contributed by atoms with Crippen molar-refractivity contribution in [1.82, 2.24) is 10.2 Å². The maximum absolute atomic E-state index is 13.9. The Bertz CT molecular complexity index is 1210. The second-order valence-corrected chi connectivity index (χ2v) is 10.8. The van der Waals surface area contributed by atoms with Gasteiger partial charge in [-0.3, -0.25) is 9.59 Å². The number of hydrogen-bond donors (Lipinski definition) is 1. The Balaban J connectivity index is 1.68.